The van der Waals surface area contributed by atoms with Crippen LogP contribution in [-0.4, -0.2) is 53.1 Å². The molecule has 0 radical (unpaired) electrons. The van der Waals surface area contributed by atoms with Crippen LogP contribution in [0.1, 0.15) is 12.5 Å². The van der Waals surface area contributed by atoms with Crippen molar-refractivity contribution < 1.29 is 9.90 Å². The number of hydrogen-bond donors (Lipinski definition) is 5. The molecule has 0 aliphatic carbocycles. The van der Waals surface area contributed by atoms with E-state index >= 15 is 0 Å². The molecule has 35 heavy (non-hydrogen) atoms. The Balaban J connectivity index is 1.63. The van der Waals surface area contributed by atoms with Crippen molar-refractivity contribution in [2.24, 2.45) is 0 Å². The fraction of sp³-hybridized carbons (Fsp3) is 0.240. The predicted octanol–water partition coefficient (Wildman–Crippen LogP) is 4.68. The monoisotopic (exact) mass is 495 g/mol. The van der Waals surface area contributed by atoms with E-state index in [9.17, 15) is 9.90 Å². The van der Waals surface area contributed by atoms with E-state index in [0.29, 0.717) is 35.3 Å². The number of likely N-dealkylation sites (N-methyl/N-ethyl adjacent to an activating group) is 1. The van der Waals surface area contributed by atoms with E-state index < -0.39 is 0 Å². The summed E-state index contributed by atoms with van der Waals surface area (Å²) in [5.41, 5.74) is 2.92. The number of aromatic nitrogens is 2. The van der Waals surface area contributed by atoms with Crippen molar-refractivity contribution >= 4 is 46.3 Å². The van der Waals surface area contributed by atoms with Crippen LogP contribution in [0.4, 0.5) is 28.8 Å². The van der Waals surface area contributed by atoms with Gasteiger partial charge in [0.2, 0.25) is 11.9 Å². The SMILES string of the molecule is CCNc1ccc(Nc2ncc(Cl)c(NCc3cccc(NC(=O)/C=C/CN(C)C)c3)n2)c(O)c1. The molecule has 0 aliphatic heterocycles. The lowest BCUT2D eigenvalue weighted by Gasteiger charge is -2.12. The number of phenolic OH excluding ortho intramolecular Hbond substituents is 1. The summed E-state index contributed by atoms with van der Waals surface area (Å²) in [6.07, 6.45) is 4.81. The first-order valence-electron chi connectivity index (χ1n) is 11.2. The van der Waals surface area contributed by atoms with E-state index in [0.717, 1.165) is 17.8 Å². The summed E-state index contributed by atoms with van der Waals surface area (Å²) >= 11 is 6.28. The second kappa shape index (κ2) is 12.6. The van der Waals surface area contributed by atoms with Gasteiger partial charge in [0.25, 0.3) is 0 Å². The minimum Gasteiger partial charge on any atom is -0.506 e. The van der Waals surface area contributed by atoms with E-state index in [1.165, 1.54) is 12.3 Å². The summed E-state index contributed by atoms with van der Waals surface area (Å²) in [6, 6.07) is 12.7. The van der Waals surface area contributed by atoms with E-state index in [1.54, 1.807) is 18.2 Å². The van der Waals surface area contributed by atoms with E-state index in [4.69, 9.17) is 11.6 Å². The third-order valence-electron chi connectivity index (χ3n) is 4.76. The zero-order valence-corrected chi connectivity index (χ0v) is 20.7. The number of benzene rings is 2. The molecule has 184 valence electrons. The third kappa shape index (κ3) is 8.16. The summed E-state index contributed by atoms with van der Waals surface area (Å²) in [6.45, 7) is 3.86. The highest BCUT2D eigenvalue weighted by Gasteiger charge is 2.09. The van der Waals surface area contributed by atoms with Gasteiger partial charge in [-0.15, -0.1) is 0 Å². The van der Waals surface area contributed by atoms with Gasteiger partial charge < -0.3 is 31.3 Å². The van der Waals surface area contributed by atoms with Gasteiger partial charge in [0.05, 0.1) is 11.9 Å². The van der Waals surface area contributed by atoms with Gasteiger partial charge in [0, 0.05) is 43.2 Å². The molecule has 3 aromatic rings. The average molecular weight is 496 g/mol. The average Bonchev–Trinajstić information content (AvgIpc) is 2.81. The summed E-state index contributed by atoms with van der Waals surface area (Å²) in [4.78, 5) is 22.7. The molecular weight excluding hydrogens is 466 g/mol. The maximum atomic E-state index is 12.1. The Bertz CT molecular complexity index is 1180. The Labute approximate surface area is 210 Å². The van der Waals surface area contributed by atoms with Gasteiger partial charge in [-0.3, -0.25) is 4.79 Å². The fourth-order valence-electron chi connectivity index (χ4n) is 3.12. The van der Waals surface area contributed by atoms with E-state index in [-0.39, 0.29) is 17.6 Å². The van der Waals surface area contributed by atoms with Crippen molar-refractivity contribution in [1.82, 2.24) is 14.9 Å². The van der Waals surface area contributed by atoms with Crippen molar-refractivity contribution in [3.8, 4) is 5.75 Å². The molecule has 0 spiro atoms. The first-order valence-corrected chi connectivity index (χ1v) is 11.5. The summed E-state index contributed by atoms with van der Waals surface area (Å²) in [5, 5.41) is 22.8. The molecule has 1 heterocycles. The Kier molecular flexibility index (Phi) is 9.28. The number of rotatable bonds is 11. The largest absolute Gasteiger partial charge is 0.506 e. The zero-order chi connectivity index (χ0) is 25.2. The summed E-state index contributed by atoms with van der Waals surface area (Å²) < 4.78 is 0. The lowest BCUT2D eigenvalue weighted by Crippen LogP contribution is -2.13. The highest BCUT2D eigenvalue weighted by atomic mass is 35.5. The van der Waals surface area contributed by atoms with Gasteiger partial charge in [-0.05, 0) is 50.8 Å². The molecule has 5 N–H and O–H groups in total. The van der Waals surface area contributed by atoms with Crippen LogP contribution in [0.25, 0.3) is 0 Å². The Hall–Kier alpha value is -3.82. The van der Waals surface area contributed by atoms with E-state index in [1.807, 2.05) is 56.3 Å². The maximum absolute atomic E-state index is 12.1. The number of nitrogens with zero attached hydrogens (tertiary/aromatic N) is 3. The molecule has 0 unspecified atom stereocenters. The molecule has 9 nitrogen and oxygen atoms in total. The predicted molar refractivity (Wildman–Crippen MR) is 143 cm³/mol. The number of amides is 1. The molecule has 0 fully saturated rings. The minimum atomic E-state index is -0.187. The second-order valence-electron chi connectivity index (χ2n) is 7.99. The van der Waals surface area contributed by atoms with Crippen LogP contribution in [0.3, 0.4) is 0 Å². The quantitative estimate of drug-likeness (QED) is 0.192. The van der Waals surface area contributed by atoms with Gasteiger partial charge in [-0.2, -0.15) is 4.98 Å². The Morgan fingerprint density at radius 3 is 2.71 bits per heavy atom. The van der Waals surface area contributed by atoms with Gasteiger partial charge in [-0.1, -0.05) is 29.8 Å². The summed E-state index contributed by atoms with van der Waals surface area (Å²) in [7, 11) is 3.88. The number of hydrogen-bond acceptors (Lipinski definition) is 8. The van der Waals surface area contributed by atoms with Crippen molar-refractivity contribution in [2.45, 2.75) is 13.5 Å². The van der Waals surface area contributed by atoms with Gasteiger partial charge in [-0.25, -0.2) is 4.98 Å². The fourth-order valence-corrected chi connectivity index (χ4v) is 3.28. The molecule has 2 aromatic carbocycles. The molecule has 0 bridgehead atoms. The van der Waals surface area contributed by atoms with E-state index in [2.05, 4.69) is 31.2 Å². The van der Waals surface area contributed by atoms with Crippen molar-refractivity contribution in [3.63, 3.8) is 0 Å². The molecule has 3 rings (SSSR count). The molecular formula is C25H30ClN7O2. The van der Waals surface area contributed by atoms with Gasteiger partial charge in [0.15, 0.2) is 5.82 Å². The maximum Gasteiger partial charge on any atom is 0.248 e. The summed E-state index contributed by atoms with van der Waals surface area (Å²) in [5.74, 6) is 0.614. The van der Waals surface area contributed by atoms with Crippen LogP contribution < -0.4 is 21.3 Å². The smallest absolute Gasteiger partial charge is 0.248 e. The van der Waals surface area contributed by atoms with Crippen molar-refractivity contribution in [2.75, 3.05) is 48.5 Å². The highest BCUT2D eigenvalue weighted by molar-refractivity contribution is 6.32. The van der Waals surface area contributed by atoms with Crippen LogP contribution in [0.2, 0.25) is 5.02 Å². The normalized spacial score (nSPS) is 11.0. The first-order chi connectivity index (χ1) is 16.8. The number of phenols is 1. The van der Waals surface area contributed by atoms with Crippen LogP contribution in [-0.2, 0) is 11.3 Å². The van der Waals surface area contributed by atoms with Crippen molar-refractivity contribution in [3.05, 3.63) is 71.4 Å². The topological polar surface area (TPSA) is 114 Å². The lowest BCUT2D eigenvalue weighted by molar-refractivity contribution is -0.111. The number of aromatic hydroxyl groups is 1. The molecule has 0 saturated carbocycles. The highest BCUT2D eigenvalue weighted by Crippen LogP contribution is 2.29. The lowest BCUT2D eigenvalue weighted by atomic mass is 10.2. The number of carbonyl (C=O) groups excluding carboxylic acids is 1. The second-order valence-corrected chi connectivity index (χ2v) is 8.39. The van der Waals surface area contributed by atoms with Gasteiger partial charge >= 0.3 is 0 Å². The van der Waals surface area contributed by atoms with Gasteiger partial charge in [0.1, 0.15) is 10.8 Å². The minimum absolute atomic E-state index is 0.0759. The first kappa shape index (κ1) is 25.8. The molecule has 10 heteroatoms. The van der Waals surface area contributed by atoms with Crippen LogP contribution in [0, 0.1) is 0 Å². The zero-order valence-electron chi connectivity index (χ0n) is 20.0. The molecule has 0 aliphatic rings. The van der Waals surface area contributed by atoms with Crippen molar-refractivity contribution in [1.29, 1.82) is 0 Å². The Morgan fingerprint density at radius 1 is 1.14 bits per heavy atom. The van der Waals surface area contributed by atoms with Crippen LogP contribution >= 0.6 is 11.6 Å². The number of anilines is 5. The standard InChI is InChI=1S/C25H30ClN7O2/c1-4-27-18-10-11-21(22(34)14-18)31-25-29-16-20(26)24(32-25)28-15-17-7-5-8-19(13-17)30-23(35)9-6-12-33(2)3/h5-11,13-14,16,27,34H,4,12,15H2,1-3H3,(H,30,35)(H2,28,29,31,32)/b9-6+. The van der Waals surface area contributed by atoms with Crippen LogP contribution in [0.15, 0.2) is 60.8 Å². The molecule has 1 aromatic heterocycles. The van der Waals surface area contributed by atoms with Crippen LogP contribution in [0.5, 0.6) is 5.75 Å². The number of halogens is 1. The molecule has 1 amide bonds. The number of carbonyl (C=O) groups is 1. The molecule has 0 saturated heterocycles. The molecule has 0 atom stereocenters. The Morgan fingerprint density at radius 2 is 1.97 bits per heavy atom. The third-order valence-corrected chi connectivity index (χ3v) is 5.04. The number of nitrogens with one attached hydrogen (secondary N) is 4.